The molecule has 2 heterocycles. The van der Waals surface area contributed by atoms with Crippen LogP contribution in [0, 0.1) is 0 Å². The third-order valence-corrected chi connectivity index (χ3v) is 4.76. The minimum Gasteiger partial charge on any atom is -0.469 e. The molecule has 150 valence electrons. The number of carbonyl (C=O) groups is 2. The van der Waals surface area contributed by atoms with Crippen molar-refractivity contribution in [2.45, 2.75) is 32.2 Å². The van der Waals surface area contributed by atoms with Gasteiger partial charge in [-0.1, -0.05) is 18.2 Å². The molecule has 0 saturated carbocycles. The molecule has 1 saturated heterocycles. The molecule has 28 heavy (non-hydrogen) atoms. The van der Waals surface area contributed by atoms with Crippen LogP contribution in [0.25, 0.3) is 0 Å². The fourth-order valence-electron chi connectivity index (χ4n) is 3.14. The number of nitrogens with zero attached hydrogens (tertiary/aromatic N) is 2. The topological polar surface area (TPSA) is 75.0 Å². The molecule has 2 aromatic rings. The van der Waals surface area contributed by atoms with Gasteiger partial charge in [0.25, 0.3) is 0 Å². The highest BCUT2D eigenvalue weighted by Crippen LogP contribution is 2.12. The summed E-state index contributed by atoms with van der Waals surface area (Å²) in [7, 11) is 0. The van der Waals surface area contributed by atoms with E-state index in [4.69, 9.17) is 9.15 Å². The molecule has 1 N–H and O–H groups in total. The van der Waals surface area contributed by atoms with Crippen molar-refractivity contribution in [3.05, 3.63) is 54.5 Å². The van der Waals surface area contributed by atoms with Gasteiger partial charge in [-0.3, -0.25) is 0 Å². The van der Waals surface area contributed by atoms with E-state index in [2.05, 4.69) is 5.32 Å². The molecule has 0 aliphatic carbocycles. The van der Waals surface area contributed by atoms with Crippen molar-refractivity contribution in [1.29, 1.82) is 0 Å². The summed E-state index contributed by atoms with van der Waals surface area (Å²) >= 11 is 0. The number of ether oxygens (including phenoxy) is 1. The summed E-state index contributed by atoms with van der Waals surface area (Å²) in [5, 5.41) is 3.03. The van der Waals surface area contributed by atoms with Gasteiger partial charge >= 0.3 is 12.1 Å². The van der Waals surface area contributed by atoms with Crippen molar-refractivity contribution in [2.75, 3.05) is 26.2 Å². The summed E-state index contributed by atoms with van der Waals surface area (Å²) in [6.45, 7) is 4.12. The summed E-state index contributed by atoms with van der Waals surface area (Å²) in [5.41, 5.74) is 0. The average molecular weight is 385 g/mol. The van der Waals surface area contributed by atoms with Gasteiger partial charge in [-0.15, -0.1) is 0 Å². The Morgan fingerprint density at radius 1 is 1.07 bits per heavy atom. The monoisotopic (exact) mass is 385 g/mol. The first kappa shape index (κ1) is 19.8. The Kier molecular flexibility index (Phi) is 6.94. The van der Waals surface area contributed by atoms with E-state index < -0.39 is 0 Å². The van der Waals surface area contributed by atoms with Gasteiger partial charge < -0.3 is 24.3 Å². The maximum Gasteiger partial charge on any atom is 0.415 e. The lowest BCUT2D eigenvalue weighted by Crippen LogP contribution is -2.45. The average Bonchev–Trinajstić information content (AvgIpc) is 3.09. The Labute approximate surface area is 165 Å². The third-order valence-electron chi connectivity index (χ3n) is 4.76. The van der Waals surface area contributed by atoms with Gasteiger partial charge in [0.05, 0.1) is 6.26 Å². The van der Waals surface area contributed by atoms with E-state index in [1.54, 1.807) is 28.2 Å². The number of hydrogen-bond acceptors (Lipinski definition) is 4. The van der Waals surface area contributed by atoms with Gasteiger partial charge in [0.2, 0.25) is 0 Å². The van der Waals surface area contributed by atoms with Crippen LogP contribution in [0.15, 0.2) is 53.1 Å². The van der Waals surface area contributed by atoms with Crippen molar-refractivity contribution in [1.82, 2.24) is 15.1 Å². The van der Waals surface area contributed by atoms with E-state index in [-0.39, 0.29) is 18.2 Å². The molecule has 1 aliphatic heterocycles. The summed E-state index contributed by atoms with van der Waals surface area (Å²) in [6, 6.07) is 12.8. The number of hydrogen-bond donors (Lipinski definition) is 1. The molecule has 1 aromatic carbocycles. The molecule has 0 unspecified atom stereocenters. The van der Waals surface area contributed by atoms with Gasteiger partial charge in [0, 0.05) is 38.6 Å². The van der Waals surface area contributed by atoms with Crippen LogP contribution in [-0.2, 0) is 6.42 Å². The zero-order valence-electron chi connectivity index (χ0n) is 16.2. The second kappa shape index (κ2) is 9.82. The molecule has 3 amide bonds. The molecule has 1 aromatic heterocycles. The van der Waals surface area contributed by atoms with Crippen LogP contribution in [-0.4, -0.2) is 54.1 Å². The second-order valence-electron chi connectivity index (χ2n) is 6.98. The zero-order valence-corrected chi connectivity index (χ0v) is 16.2. The first-order valence-electron chi connectivity index (χ1n) is 9.71. The Balaban J connectivity index is 1.43. The standard InChI is InChI=1S/C21H27N3O4/c1-17(10-11-18-9-5-16-27-18)22-20(25)23-12-6-13-24(15-14-23)21(26)28-19-7-3-2-4-8-19/h2-5,7-9,16-17H,6,10-15H2,1H3,(H,22,25)/t17-/m1/s1. The Morgan fingerprint density at radius 2 is 1.82 bits per heavy atom. The fraction of sp³-hybridized carbons (Fsp3) is 0.429. The SMILES string of the molecule is C[C@H](CCc1ccco1)NC(=O)N1CCCN(C(=O)Oc2ccccc2)CC1. The molecule has 7 nitrogen and oxygen atoms in total. The third kappa shape index (κ3) is 5.77. The van der Waals surface area contributed by atoms with Crippen molar-refractivity contribution in [3.8, 4) is 5.75 Å². The van der Waals surface area contributed by atoms with Gasteiger partial charge in [-0.25, -0.2) is 9.59 Å². The summed E-state index contributed by atoms with van der Waals surface area (Å²) in [6.07, 6.45) is 3.60. The fourth-order valence-corrected chi connectivity index (χ4v) is 3.14. The van der Waals surface area contributed by atoms with Crippen LogP contribution < -0.4 is 10.1 Å². The minimum atomic E-state index is -0.375. The molecule has 1 atom stereocenters. The lowest BCUT2D eigenvalue weighted by Gasteiger charge is -2.24. The zero-order chi connectivity index (χ0) is 19.8. The van der Waals surface area contributed by atoms with Gasteiger partial charge in [-0.05, 0) is 44.0 Å². The van der Waals surface area contributed by atoms with Crippen LogP contribution in [0.5, 0.6) is 5.75 Å². The van der Waals surface area contributed by atoms with Gasteiger partial charge in [-0.2, -0.15) is 0 Å². The van der Waals surface area contributed by atoms with Crippen molar-refractivity contribution >= 4 is 12.1 Å². The van der Waals surface area contributed by atoms with E-state index in [0.29, 0.717) is 31.9 Å². The lowest BCUT2D eigenvalue weighted by molar-refractivity contribution is 0.153. The van der Waals surface area contributed by atoms with E-state index in [1.807, 2.05) is 37.3 Å². The number of benzene rings is 1. The summed E-state index contributed by atoms with van der Waals surface area (Å²) in [4.78, 5) is 28.3. The van der Waals surface area contributed by atoms with E-state index in [1.165, 1.54) is 0 Å². The van der Waals surface area contributed by atoms with Crippen molar-refractivity contribution < 1.29 is 18.7 Å². The molecule has 0 radical (unpaired) electrons. The van der Waals surface area contributed by atoms with Crippen LogP contribution in [0.4, 0.5) is 9.59 Å². The largest absolute Gasteiger partial charge is 0.469 e. The quantitative estimate of drug-likeness (QED) is 0.855. The second-order valence-corrected chi connectivity index (χ2v) is 6.98. The maximum absolute atomic E-state index is 12.5. The molecule has 3 rings (SSSR count). The molecule has 1 fully saturated rings. The predicted octanol–water partition coefficient (Wildman–Crippen LogP) is 3.52. The van der Waals surface area contributed by atoms with Crippen molar-refractivity contribution in [2.24, 2.45) is 0 Å². The summed E-state index contributed by atoms with van der Waals surface area (Å²) in [5.74, 6) is 1.44. The molecule has 7 heteroatoms. The van der Waals surface area contributed by atoms with E-state index in [0.717, 1.165) is 25.0 Å². The number of urea groups is 1. The molecule has 0 bridgehead atoms. The summed E-state index contributed by atoms with van der Waals surface area (Å²) < 4.78 is 10.7. The van der Waals surface area contributed by atoms with Crippen LogP contribution in [0.1, 0.15) is 25.5 Å². The Morgan fingerprint density at radius 3 is 2.57 bits per heavy atom. The first-order valence-corrected chi connectivity index (χ1v) is 9.71. The number of furan rings is 1. The molecule has 1 aliphatic rings. The molecule has 0 spiro atoms. The van der Waals surface area contributed by atoms with Crippen LogP contribution >= 0.6 is 0 Å². The highest BCUT2D eigenvalue weighted by Gasteiger charge is 2.23. The van der Waals surface area contributed by atoms with Gasteiger partial charge in [0.1, 0.15) is 11.5 Å². The number of amides is 3. The normalized spacial score (nSPS) is 15.6. The first-order chi connectivity index (χ1) is 13.6. The lowest BCUT2D eigenvalue weighted by atomic mass is 10.1. The number of aryl methyl sites for hydroxylation is 1. The number of carbonyl (C=O) groups excluding carboxylic acids is 2. The van der Waals surface area contributed by atoms with E-state index in [9.17, 15) is 9.59 Å². The highest BCUT2D eigenvalue weighted by atomic mass is 16.6. The number of rotatable bonds is 5. The molecular formula is C21H27N3O4. The van der Waals surface area contributed by atoms with E-state index >= 15 is 0 Å². The van der Waals surface area contributed by atoms with Gasteiger partial charge in [0.15, 0.2) is 0 Å². The minimum absolute atomic E-state index is 0.0417. The number of para-hydroxylation sites is 1. The smallest absolute Gasteiger partial charge is 0.415 e. The van der Waals surface area contributed by atoms with Crippen LogP contribution in [0.3, 0.4) is 0 Å². The Bertz CT molecular complexity index is 748. The number of nitrogens with one attached hydrogen (secondary N) is 1. The van der Waals surface area contributed by atoms with Crippen LogP contribution in [0.2, 0.25) is 0 Å². The maximum atomic E-state index is 12.5. The van der Waals surface area contributed by atoms with Crippen molar-refractivity contribution in [3.63, 3.8) is 0 Å². The molecular weight excluding hydrogens is 358 g/mol. The highest BCUT2D eigenvalue weighted by molar-refractivity contribution is 5.75. The Hall–Kier alpha value is -2.96. The predicted molar refractivity (Wildman–Crippen MR) is 105 cm³/mol.